The van der Waals surface area contributed by atoms with E-state index in [1.54, 1.807) is 7.11 Å². The molecule has 3 heteroatoms. The Morgan fingerprint density at radius 3 is 2.85 bits per heavy atom. The van der Waals surface area contributed by atoms with E-state index in [-0.39, 0.29) is 0 Å². The molecule has 2 fully saturated rings. The smallest absolute Gasteiger partial charge is 0.121 e. The molecule has 1 aliphatic heterocycles. The third-order valence-electron chi connectivity index (χ3n) is 5.09. The Bertz CT molecular complexity index is 474. The molecule has 0 spiro atoms. The van der Waals surface area contributed by atoms with Gasteiger partial charge in [0.1, 0.15) is 5.75 Å². The van der Waals surface area contributed by atoms with Crippen molar-refractivity contribution in [2.75, 3.05) is 20.2 Å². The molecule has 1 heterocycles. The average Bonchev–Trinajstić information content (AvgIpc) is 2.83. The summed E-state index contributed by atoms with van der Waals surface area (Å²) in [5.74, 6) is 2.53. The monoisotopic (exact) mass is 274 g/mol. The van der Waals surface area contributed by atoms with Crippen LogP contribution in [0, 0.1) is 18.8 Å². The van der Waals surface area contributed by atoms with Crippen LogP contribution in [0.2, 0.25) is 0 Å². The Hall–Kier alpha value is -1.06. The minimum absolute atomic E-state index is 0.427. The summed E-state index contributed by atoms with van der Waals surface area (Å²) in [4.78, 5) is 2.59. The van der Waals surface area contributed by atoms with Crippen LogP contribution in [0.1, 0.15) is 30.4 Å². The molecule has 110 valence electrons. The summed E-state index contributed by atoms with van der Waals surface area (Å²) in [5.41, 5.74) is 8.90. The van der Waals surface area contributed by atoms with Crippen molar-refractivity contribution in [3.05, 3.63) is 29.3 Å². The lowest BCUT2D eigenvalue weighted by atomic mass is 9.78. The quantitative estimate of drug-likeness (QED) is 0.920. The second-order valence-corrected chi connectivity index (χ2v) is 6.52. The highest BCUT2D eigenvalue weighted by Crippen LogP contribution is 2.36. The first kappa shape index (κ1) is 13.9. The lowest BCUT2D eigenvalue weighted by Crippen LogP contribution is -2.38. The Morgan fingerprint density at radius 2 is 2.15 bits per heavy atom. The summed E-state index contributed by atoms with van der Waals surface area (Å²) in [7, 11) is 1.73. The van der Waals surface area contributed by atoms with Gasteiger partial charge >= 0.3 is 0 Å². The highest BCUT2D eigenvalue weighted by molar-refractivity contribution is 5.36. The Labute approximate surface area is 122 Å². The number of nitrogens with two attached hydrogens (primary N) is 1. The van der Waals surface area contributed by atoms with Crippen LogP contribution in [0.3, 0.4) is 0 Å². The molecule has 0 aromatic heterocycles. The summed E-state index contributed by atoms with van der Waals surface area (Å²) in [6, 6.07) is 6.95. The van der Waals surface area contributed by atoms with Crippen LogP contribution in [0.15, 0.2) is 18.2 Å². The molecular formula is C17H26N2O. The van der Waals surface area contributed by atoms with Gasteiger partial charge < -0.3 is 10.5 Å². The standard InChI is InChI=1S/C17H26N2O/c1-12-8-13(6-7-17(12)20-2)9-19-10-14-4-3-5-16(18)15(14)11-19/h6-8,14-16H,3-5,9-11,18H2,1-2H3. The zero-order chi connectivity index (χ0) is 14.1. The first-order chi connectivity index (χ1) is 9.67. The Balaban J connectivity index is 1.65. The second kappa shape index (κ2) is 5.74. The van der Waals surface area contributed by atoms with Gasteiger partial charge in [0.15, 0.2) is 0 Å². The molecule has 2 N–H and O–H groups in total. The fraction of sp³-hybridized carbons (Fsp3) is 0.647. The topological polar surface area (TPSA) is 38.5 Å². The molecule has 20 heavy (non-hydrogen) atoms. The van der Waals surface area contributed by atoms with Gasteiger partial charge in [0.2, 0.25) is 0 Å². The molecule has 3 nitrogen and oxygen atoms in total. The zero-order valence-corrected chi connectivity index (χ0v) is 12.6. The summed E-state index contributed by atoms with van der Waals surface area (Å²) in [6.45, 7) is 5.56. The SMILES string of the molecule is COc1ccc(CN2CC3CCCC(N)C3C2)cc1C. The van der Waals surface area contributed by atoms with E-state index in [0.29, 0.717) is 6.04 Å². The lowest BCUT2D eigenvalue weighted by Gasteiger charge is -2.29. The molecule has 1 aromatic rings. The van der Waals surface area contributed by atoms with Gasteiger partial charge in [-0.05, 0) is 48.8 Å². The predicted octanol–water partition coefficient (Wildman–Crippen LogP) is 2.56. The molecule has 1 saturated carbocycles. The molecular weight excluding hydrogens is 248 g/mol. The van der Waals surface area contributed by atoms with Crippen molar-refractivity contribution in [3.63, 3.8) is 0 Å². The third-order valence-corrected chi connectivity index (χ3v) is 5.09. The van der Waals surface area contributed by atoms with E-state index in [9.17, 15) is 0 Å². The van der Waals surface area contributed by atoms with Crippen LogP contribution < -0.4 is 10.5 Å². The molecule has 3 unspecified atom stereocenters. The largest absolute Gasteiger partial charge is 0.496 e. The number of hydrogen-bond donors (Lipinski definition) is 1. The summed E-state index contributed by atoms with van der Waals surface area (Å²) in [5, 5.41) is 0. The Morgan fingerprint density at radius 1 is 1.30 bits per heavy atom. The van der Waals surface area contributed by atoms with Gasteiger partial charge in [0, 0.05) is 25.7 Å². The molecule has 1 aromatic carbocycles. The van der Waals surface area contributed by atoms with Crippen LogP contribution in [-0.2, 0) is 6.54 Å². The number of fused-ring (bicyclic) bond motifs is 1. The van der Waals surface area contributed by atoms with Gasteiger partial charge in [0.25, 0.3) is 0 Å². The van der Waals surface area contributed by atoms with Gasteiger partial charge in [-0.25, -0.2) is 0 Å². The van der Waals surface area contributed by atoms with Crippen LogP contribution >= 0.6 is 0 Å². The zero-order valence-electron chi connectivity index (χ0n) is 12.6. The first-order valence-corrected chi connectivity index (χ1v) is 7.79. The van der Waals surface area contributed by atoms with Crippen LogP contribution in [-0.4, -0.2) is 31.1 Å². The molecule has 0 radical (unpaired) electrons. The number of benzene rings is 1. The van der Waals surface area contributed by atoms with E-state index in [1.165, 1.54) is 43.5 Å². The van der Waals surface area contributed by atoms with Crippen LogP contribution in [0.5, 0.6) is 5.75 Å². The van der Waals surface area contributed by atoms with Gasteiger partial charge in [0.05, 0.1) is 7.11 Å². The third kappa shape index (κ3) is 2.70. The van der Waals surface area contributed by atoms with E-state index in [2.05, 4.69) is 30.0 Å². The van der Waals surface area contributed by atoms with Crippen LogP contribution in [0.4, 0.5) is 0 Å². The highest BCUT2D eigenvalue weighted by atomic mass is 16.5. The second-order valence-electron chi connectivity index (χ2n) is 6.52. The maximum Gasteiger partial charge on any atom is 0.121 e. The van der Waals surface area contributed by atoms with Gasteiger partial charge in [-0.3, -0.25) is 4.90 Å². The summed E-state index contributed by atoms with van der Waals surface area (Å²) >= 11 is 0. The first-order valence-electron chi connectivity index (χ1n) is 7.79. The maximum atomic E-state index is 6.29. The number of ether oxygens (including phenoxy) is 1. The fourth-order valence-corrected chi connectivity index (χ4v) is 4.04. The van der Waals surface area contributed by atoms with E-state index < -0.39 is 0 Å². The molecule has 1 aliphatic carbocycles. The minimum Gasteiger partial charge on any atom is -0.496 e. The van der Waals surface area contributed by atoms with E-state index in [1.807, 2.05) is 0 Å². The van der Waals surface area contributed by atoms with Crippen LogP contribution in [0.25, 0.3) is 0 Å². The number of nitrogens with zero attached hydrogens (tertiary/aromatic N) is 1. The van der Waals surface area contributed by atoms with Gasteiger partial charge in [-0.1, -0.05) is 18.6 Å². The number of hydrogen-bond acceptors (Lipinski definition) is 3. The van der Waals surface area contributed by atoms with Crippen molar-refractivity contribution in [1.29, 1.82) is 0 Å². The number of rotatable bonds is 3. The number of likely N-dealkylation sites (tertiary alicyclic amines) is 1. The fourth-order valence-electron chi connectivity index (χ4n) is 4.04. The molecule has 0 bridgehead atoms. The molecule has 0 amide bonds. The lowest BCUT2D eigenvalue weighted by molar-refractivity contribution is 0.259. The average molecular weight is 274 g/mol. The van der Waals surface area contributed by atoms with Crippen molar-refractivity contribution in [2.24, 2.45) is 17.6 Å². The summed E-state index contributed by atoms with van der Waals surface area (Å²) < 4.78 is 5.33. The minimum atomic E-state index is 0.427. The number of aryl methyl sites for hydroxylation is 1. The van der Waals surface area contributed by atoms with Crippen molar-refractivity contribution < 1.29 is 4.74 Å². The molecule has 2 aliphatic rings. The summed E-state index contributed by atoms with van der Waals surface area (Å²) in [6.07, 6.45) is 3.91. The molecule has 3 rings (SSSR count). The highest BCUT2D eigenvalue weighted by Gasteiger charge is 2.38. The molecule has 1 saturated heterocycles. The normalized spacial score (nSPS) is 30.2. The Kier molecular flexibility index (Phi) is 3.99. The maximum absolute atomic E-state index is 6.29. The van der Waals surface area contributed by atoms with E-state index >= 15 is 0 Å². The van der Waals surface area contributed by atoms with Crippen molar-refractivity contribution in [3.8, 4) is 5.75 Å². The molecule has 3 atom stereocenters. The van der Waals surface area contributed by atoms with Gasteiger partial charge in [-0.15, -0.1) is 0 Å². The van der Waals surface area contributed by atoms with Gasteiger partial charge in [-0.2, -0.15) is 0 Å². The van der Waals surface area contributed by atoms with Crippen molar-refractivity contribution >= 4 is 0 Å². The van der Waals surface area contributed by atoms with Crippen molar-refractivity contribution in [2.45, 2.75) is 38.8 Å². The van der Waals surface area contributed by atoms with E-state index in [4.69, 9.17) is 10.5 Å². The van der Waals surface area contributed by atoms with Crippen molar-refractivity contribution in [1.82, 2.24) is 4.90 Å². The number of methoxy groups -OCH3 is 1. The van der Waals surface area contributed by atoms with E-state index in [0.717, 1.165) is 24.1 Å². The predicted molar refractivity (Wildman–Crippen MR) is 81.8 cm³/mol.